The molecule has 2 aliphatic heterocycles. The predicted octanol–water partition coefficient (Wildman–Crippen LogP) is -0.0230. The number of aliphatic hydroxyl groups excluding tert-OH is 4. The van der Waals surface area contributed by atoms with Crippen LogP contribution in [0, 0.1) is 11.8 Å². The quantitative estimate of drug-likeness (QED) is 0.152. The molecule has 1 amide bonds. The van der Waals surface area contributed by atoms with Crippen LogP contribution in [-0.2, 0) is 4.79 Å². The minimum absolute atomic E-state index is 0.00629. The van der Waals surface area contributed by atoms with Crippen LogP contribution in [0.5, 0.6) is 0 Å². The molecule has 0 spiro atoms. The number of nitrogens with zero attached hydrogens (tertiary/aromatic N) is 10. The number of fused-ring (bicyclic) bond motifs is 2. The van der Waals surface area contributed by atoms with Crippen LogP contribution in [-0.4, -0.2) is 128 Å². The van der Waals surface area contributed by atoms with Crippen molar-refractivity contribution in [2.24, 2.45) is 11.8 Å². The molecule has 6 heterocycles. The van der Waals surface area contributed by atoms with Gasteiger partial charge in [0.05, 0.1) is 43.1 Å². The molecule has 0 aromatic carbocycles. The first kappa shape index (κ1) is 32.0. The molecular formula is C32H44N12O5. The summed E-state index contributed by atoms with van der Waals surface area (Å²) in [6.45, 7) is 7.92. The summed E-state index contributed by atoms with van der Waals surface area (Å²) in [6.07, 6.45) is 4.33. The molecule has 6 N–H and O–H groups in total. The Hall–Kier alpha value is -4.19. The van der Waals surface area contributed by atoms with Crippen LogP contribution in [0.2, 0.25) is 0 Å². The van der Waals surface area contributed by atoms with Gasteiger partial charge >= 0.3 is 0 Å². The van der Waals surface area contributed by atoms with Gasteiger partial charge in [0.2, 0.25) is 17.8 Å². The molecule has 2 aliphatic carbocycles. The number of hydrogen-bond acceptors (Lipinski definition) is 14. The van der Waals surface area contributed by atoms with Gasteiger partial charge in [0, 0.05) is 45.2 Å². The molecule has 2 saturated heterocycles. The van der Waals surface area contributed by atoms with E-state index in [4.69, 9.17) is 19.9 Å². The van der Waals surface area contributed by atoms with E-state index in [1.165, 1.54) is 6.92 Å². The Bertz CT molecular complexity index is 1870. The lowest BCUT2D eigenvalue weighted by molar-refractivity contribution is -0.119. The largest absolute Gasteiger partial charge is 0.390 e. The van der Waals surface area contributed by atoms with E-state index in [1.54, 1.807) is 18.9 Å². The first-order valence-corrected chi connectivity index (χ1v) is 17.3. The van der Waals surface area contributed by atoms with Crippen molar-refractivity contribution < 1.29 is 25.2 Å². The summed E-state index contributed by atoms with van der Waals surface area (Å²) in [5.74, 6) is 1.46. The zero-order valence-electron chi connectivity index (χ0n) is 27.8. The highest BCUT2D eigenvalue weighted by atomic mass is 16.3. The van der Waals surface area contributed by atoms with Gasteiger partial charge in [-0.3, -0.25) is 4.79 Å². The monoisotopic (exact) mass is 676 g/mol. The van der Waals surface area contributed by atoms with Gasteiger partial charge in [0.25, 0.3) is 0 Å². The van der Waals surface area contributed by atoms with Gasteiger partial charge in [0.1, 0.15) is 17.7 Å². The number of anilines is 3. The van der Waals surface area contributed by atoms with Crippen molar-refractivity contribution in [2.45, 2.75) is 95.0 Å². The van der Waals surface area contributed by atoms with Crippen LogP contribution in [0.3, 0.4) is 0 Å². The van der Waals surface area contributed by atoms with E-state index in [1.807, 2.05) is 23.0 Å². The Labute approximate surface area is 282 Å². The molecule has 10 atom stereocenters. The van der Waals surface area contributed by atoms with E-state index in [0.717, 1.165) is 12.8 Å². The van der Waals surface area contributed by atoms with Crippen LogP contribution in [0.1, 0.15) is 58.5 Å². The van der Waals surface area contributed by atoms with E-state index in [2.05, 4.69) is 30.4 Å². The second-order valence-corrected chi connectivity index (χ2v) is 14.5. The molecule has 2 saturated carbocycles. The van der Waals surface area contributed by atoms with Gasteiger partial charge in [-0.2, -0.15) is 15.0 Å². The number of aliphatic hydroxyl groups is 4. The fourth-order valence-electron chi connectivity index (χ4n) is 8.21. The van der Waals surface area contributed by atoms with Crippen LogP contribution in [0.4, 0.5) is 17.7 Å². The van der Waals surface area contributed by atoms with Gasteiger partial charge in [-0.25, -0.2) is 15.0 Å². The third-order valence-electron chi connectivity index (χ3n) is 11.0. The molecule has 4 aromatic rings. The Morgan fingerprint density at radius 2 is 1.35 bits per heavy atom. The van der Waals surface area contributed by atoms with E-state index in [0.29, 0.717) is 79.1 Å². The first-order valence-electron chi connectivity index (χ1n) is 17.3. The van der Waals surface area contributed by atoms with Crippen LogP contribution >= 0.6 is 0 Å². The maximum atomic E-state index is 11.7. The molecule has 4 aliphatic rings. The minimum atomic E-state index is -0.944. The summed E-state index contributed by atoms with van der Waals surface area (Å²) in [5, 5.41) is 49.1. The fraction of sp³-hybridized carbons (Fsp3) is 0.656. The predicted molar refractivity (Wildman–Crippen MR) is 179 cm³/mol. The van der Waals surface area contributed by atoms with Crippen LogP contribution in [0.15, 0.2) is 18.9 Å². The highest BCUT2D eigenvalue weighted by Crippen LogP contribution is 2.39. The molecule has 17 nitrogen and oxygen atoms in total. The van der Waals surface area contributed by atoms with Crippen LogP contribution < -0.4 is 20.4 Å². The molecule has 49 heavy (non-hydrogen) atoms. The number of carbonyl (C=O) groups excluding carboxylic acids is 1. The molecule has 0 unspecified atom stereocenters. The summed E-state index contributed by atoms with van der Waals surface area (Å²) in [7, 11) is 0. The third kappa shape index (κ3) is 5.61. The van der Waals surface area contributed by atoms with Crippen molar-refractivity contribution in [1.82, 2.24) is 44.4 Å². The SMILES string of the molecule is CC(=O)N[C@@H]1CCN(c2nc(N[C@H]3CCN(c4ncc5ncn([C@@H]6C[C@H](C)[C@H](O)[C@@H]6O)c5n4)C3)c3ncn([C@@H]4C[C@H](C)[C@H](O)[C@@H]4O)c3n2)C1. The molecule has 0 radical (unpaired) electrons. The second-order valence-electron chi connectivity index (χ2n) is 14.5. The van der Waals surface area contributed by atoms with Crippen molar-refractivity contribution in [3.8, 4) is 0 Å². The molecule has 4 aromatic heterocycles. The summed E-state index contributed by atoms with van der Waals surface area (Å²) in [5.41, 5.74) is 2.40. The summed E-state index contributed by atoms with van der Waals surface area (Å²) in [4.78, 5) is 44.4. The van der Waals surface area contributed by atoms with Crippen molar-refractivity contribution in [3.05, 3.63) is 18.9 Å². The number of rotatable bonds is 7. The van der Waals surface area contributed by atoms with Crippen molar-refractivity contribution >= 4 is 45.9 Å². The molecule has 17 heteroatoms. The van der Waals surface area contributed by atoms with Gasteiger partial charge in [0.15, 0.2) is 22.6 Å². The number of nitrogens with one attached hydrogen (secondary N) is 2. The number of imidazole rings is 2. The number of carbonyl (C=O) groups is 1. The highest BCUT2D eigenvalue weighted by molar-refractivity contribution is 5.85. The number of amides is 1. The van der Waals surface area contributed by atoms with Gasteiger partial charge in [-0.05, 0) is 37.5 Å². The molecule has 4 fully saturated rings. The normalized spacial score (nSPS) is 33.4. The van der Waals surface area contributed by atoms with E-state index in [-0.39, 0.29) is 41.9 Å². The first-order chi connectivity index (χ1) is 23.5. The topological polar surface area (TPSA) is 216 Å². The lowest BCUT2D eigenvalue weighted by atomic mass is 10.1. The standard InChI is InChI=1S/C32H44N12O5/c1-15-8-21(26(48)24(15)46)43-13-34-20-10-33-31(39-29(20)43)41-6-5-19(12-41)37-28-23-30(44(14-35-23)22-9-16(2)25(47)27(22)49)40-32(38-28)42-7-4-18(11-42)36-17(3)45/h10,13-16,18-19,21-22,24-27,46-49H,4-9,11-12H2,1-3H3,(H,36,45)(H,37,38,40)/t15-,16-,18+,19-,21+,22+,24-,25-,26+,27+/m0/s1. The molecule has 0 bridgehead atoms. The van der Waals surface area contributed by atoms with Gasteiger partial charge in [-0.15, -0.1) is 0 Å². The van der Waals surface area contributed by atoms with Gasteiger partial charge < -0.3 is 50.0 Å². The van der Waals surface area contributed by atoms with Crippen LogP contribution in [0.25, 0.3) is 22.3 Å². The average Bonchev–Trinajstić information content (AvgIpc) is 3.94. The summed E-state index contributed by atoms with van der Waals surface area (Å²) < 4.78 is 3.72. The zero-order valence-corrected chi connectivity index (χ0v) is 27.8. The Kier molecular flexibility index (Phi) is 8.04. The maximum Gasteiger partial charge on any atom is 0.229 e. The minimum Gasteiger partial charge on any atom is -0.390 e. The average molecular weight is 677 g/mol. The fourth-order valence-corrected chi connectivity index (χ4v) is 8.21. The number of hydrogen-bond donors (Lipinski definition) is 6. The van der Waals surface area contributed by atoms with Crippen molar-refractivity contribution in [2.75, 3.05) is 41.3 Å². The third-order valence-corrected chi connectivity index (χ3v) is 11.0. The van der Waals surface area contributed by atoms with Gasteiger partial charge in [-0.1, -0.05) is 13.8 Å². The lowest BCUT2D eigenvalue weighted by Crippen LogP contribution is -2.36. The summed E-state index contributed by atoms with van der Waals surface area (Å²) >= 11 is 0. The van der Waals surface area contributed by atoms with E-state index < -0.39 is 24.4 Å². The number of aromatic nitrogens is 8. The Balaban J connectivity index is 1.06. The van der Waals surface area contributed by atoms with E-state index >= 15 is 0 Å². The molecule has 8 rings (SSSR count). The molecule has 262 valence electrons. The summed E-state index contributed by atoms with van der Waals surface area (Å²) in [6, 6.07) is -0.720. The zero-order chi connectivity index (χ0) is 34.1. The molecular weight excluding hydrogens is 632 g/mol. The highest BCUT2D eigenvalue weighted by Gasteiger charge is 2.42. The van der Waals surface area contributed by atoms with E-state index in [9.17, 15) is 25.2 Å². The second kappa shape index (κ2) is 12.3. The smallest absolute Gasteiger partial charge is 0.229 e. The maximum absolute atomic E-state index is 11.7. The Morgan fingerprint density at radius 3 is 2.00 bits per heavy atom. The van der Waals surface area contributed by atoms with Crippen molar-refractivity contribution in [3.63, 3.8) is 0 Å². The van der Waals surface area contributed by atoms with Crippen molar-refractivity contribution in [1.29, 1.82) is 0 Å². The lowest BCUT2D eigenvalue weighted by Gasteiger charge is -2.22. The Morgan fingerprint density at radius 1 is 0.755 bits per heavy atom.